The highest BCUT2D eigenvalue weighted by Crippen LogP contribution is 2.39. The van der Waals surface area contributed by atoms with E-state index in [1.807, 2.05) is 74.2 Å². The maximum Gasteiger partial charge on any atom is 0.432 e. The second kappa shape index (κ2) is 10.5. The zero-order valence-electron chi connectivity index (χ0n) is 20.3. The molecule has 4 rings (SSSR count). The van der Waals surface area contributed by atoms with Crippen molar-refractivity contribution in [3.8, 4) is 22.5 Å². The normalized spacial score (nSPS) is 14.5. The third-order valence-electron chi connectivity index (χ3n) is 6.21. The van der Waals surface area contributed by atoms with E-state index in [4.69, 9.17) is 0 Å². The Morgan fingerprint density at radius 2 is 1.71 bits per heavy atom. The molecule has 2 aromatic carbocycles. The number of tetrazole rings is 1. The summed E-state index contributed by atoms with van der Waals surface area (Å²) in [4.78, 5) is 3.40. The van der Waals surface area contributed by atoms with Crippen LogP contribution < -0.4 is 0 Å². The Hall–Kier alpha value is -3.36. The molecule has 1 aromatic heterocycles. The SMILES string of the molecule is CCCC1=C(C(F)(F)F)N(CCC(C)C)CN1Cc1ccc(-c2ccccc2-c2nnn[nH]2)cc1. The topological polar surface area (TPSA) is 60.9 Å². The molecule has 0 unspecified atom stereocenters. The van der Waals surface area contributed by atoms with E-state index >= 15 is 0 Å². The van der Waals surface area contributed by atoms with E-state index in [9.17, 15) is 13.2 Å². The third kappa shape index (κ3) is 5.66. The lowest BCUT2D eigenvalue weighted by Crippen LogP contribution is -2.32. The molecule has 0 bridgehead atoms. The second-order valence-electron chi connectivity index (χ2n) is 9.32. The van der Waals surface area contributed by atoms with Gasteiger partial charge in [-0.25, -0.2) is 5.10 Å². The van der Waals surface area contributed by atoms with Gasteiger partial charge in [-0.15, -0.1) is 5.10 Å². The van der Waals surface area contributed by atoms with Crippen LogP contribution in [0.5, 0.6) is 0 Å². The van der Waals surface area contributed by atoms with Crippen molar-refractivity contribution in [1.82, 2.24) is 30.4 Å². The summed E-state index contributed by atoms with van der Waals surface area (Å²) in [6, 6.07) is 15.8. The van der Waals surface area contributed by atoms with E-state index in [2.05, 4.69) is 20.6 Å². The second-order valence-corrected chi connectivity index (χ2v) is 9.32. The quantitative estimate of drug-likeness (QED) is 0.390. The van der Waals surface area contributed by atoms with Crippen molar-refractivity contribution in [3.05, 3.63) is 65.5 Å². The van der Waals surface area contributed by atoms with Gasteiger partial charge in [0.15, 0.2) is 5.82 Å². The molecule has 186 valence electrons. The Morgan fingerprint density at radius 3 is 2.31 bits per heavy atom. The molecule has 1 N–H and O–H groups in total. The number of benzene rings is 2. The van der Waals surface area contributed by atoms with Crippen molar-refractivity contribution in [1.29, 1.82) is 0 Å². The van der Waals surface area contributed by atoms with E-state index in [1.165, 1.54) is 4.90 Å². The predicted molar refractivity (Wildman–Crippen MR) is 130 cm³/mol. The van der Waals surface area contributed by atoms with Crippen molar-refractivity contribution < 1.29 is 13.2 Å². The van der Waals surface area contributed by atoms with Crippen LogP contribution in [0.1, 0.15) is 45.6 Å². The lowest BCUT2D eigenvalue weighted by molar-refractivity contribution is -0.110. The maximum atomic E-state index is 14.1. The number of nitrogens with zero attached hydrogens (tertiary/aromatic N) is 5. The van der Waals surface area contributed by atoms with Crippen LogP contribution in [0.4, 0.5) is 13.2 Å². The number of hydrogen-bond donors (Lipinski definition) is 1. The van der Waals surface area contributed by atoms with Gasteiger partial charge in [-0.05, 0) is 45.9 Å². The number of rotatable bonds is 9. The van der Waals surface area contributed by atoms with E-state index in [1.54, 1.807) is 0 Å². The predicted octanol–water partition coefficient (Wildman–Crippen LogP) is 6.23. The number of alkyl halides is 3. The van der Waals surface area contributed by atoms with Crippen LogP contribution in [-0.2, 0) is 6.54 Å². The minimum absolute atomic E-state index is 0.264. The maximum absolute atomic E-state index is 14.1. The molecular weight excluding hydrogens is 453 g/mol. The third-order valence-corrected chi connectivity index (χ3v) is 6.21. The van der Waals surface area contributed by atoms with Gasteiger partial charge in [0.1, 0.15) is 5.70 Å². The molecule has 0 saturated heterocycles. The molecule has 0 radical (unpaired) electrons. The van der Waals surface area contributed by atoms with E-state index in [0.717, 1.165) is 28.7 Å². The summed E-state index contributed by atoms with van der Waals surface area (Å²) in [5.41, 5.74) is 3.75. The summed E-state index contributed by atoms with van der Waals surface area (Å²) >= 11 is 0. The van der Waals surface area contributed by atoms with E-state index < -0.39 is 11.9 Å². The van der Waals surface area contributed by atoms with E-state index in [0.29, 0.717) is 43.4 Å². The summed E-state index contributed by atoms with van der Waals surface area (Å²) in [5.74, 6) is 0.925. The standard InChI is InChI=1S/C26H31F3N6/c1-4-7-23-24(26(27,28)29)34(15-14-18(2)3)17-35(23)16-19-10-12-20(13-11-19)21-8-5-6-9-22(21)25-30-32-33-31-25/h5-6,8-13,18H,4,7,14-17H2,1-3H3,(H,30,31,32,33). The number of nitrogens with one attached hydrogen (secondary N) is 1. The first-order valence-electron chi connectivity index (χ1n) is 12.0. The molecule has 0 saturated carbocycles. The average molecular weight is 485 g/mol. The lowest BCUT2D eigenvalue weighted by atomic mass is 9.98. The molecule has 0 fully saturated rings. The van der Waals surface area contributed by atoms with Crippen molar-refractivity contribution in [2.24, 2.45) is 5.92 Å². The van der Waals surface area contributed by atoms with Crippen LogP contribution in [-0.4, -0.2) is 49.8 Å². The number of allylic oxidation sites excluding steroid dienone is 2. The Labute approximate surface area is 203 Å². The number of H-pyrrole nitrogens is 1. The van der Waals surface area contributed by atoms with Crippen molar-refractivity contribution in [2.75, 3.05) is 13.2 Å². The molecular formula is C26H31F3N6. The van der Waals surface area contributed by atoms with Gasteiger partial charge in [-0.1, -0.05) is 75.7 Å². The monoisotopic (exact) mass is 484 g/mol. The molecule has 0 aliphatic carbocycles. The molecule has 9 heteroatoms. The van der Waals surface area contributed by atoms with Crippen LogP contribution in [0.2, 0.25) is 0 Å². The summed E-state index contributed by atoms with van der Waals surface area (Å²) in [7, 11) is 0. The van der Waals surface area contributed by atoms with E-state index in [-0.39, 0.29) is 6.67 Å². The minimum Gasteiger partial charge on any atom is -0.351 e. The van der Waals surface area contributed by atoms with Gasteiger partial charge < -0.3 is 9.80 Å². The zero-order valence-corrected chi connectivity index (χ0v) is 20.3. The van der Waals surface area contributed by atoms with Crippen LogP contribution in [0.3, 0.4) is 0 Å². The van der Waals surface area contributed by atoms with Crippen LogP contribution in [0.15, 0.2) is 59.9 Å². The Morgan fingerprint density at radius 1 is 1.00 bits per heavy atom. The molecule has 35 heavy (non-hydrogen) atoms. The van der Waals surface area contributed by atoms with Gasteiger partial charge in [0.25, 0.3) is 0 Å². The van der Waals surface area contributed by atoms with Gasteiger partial charge >= 0.3 is 6.18 Å². The summed E-state index contributed by atoms with van der Waals surface area (Å²) in [6.45, 7) is 7.10. The largest absolute Gasteiger partial charge is 0.432 e. The molecule has 0 amide bonds. The van der Waals surface area contributed by atoms with Crippen LogP contribution in [0.25, 0.3) is 22.5 Å². The molecule has 0 spiro atoms. The van der Waals surface area contributed by atoms with Crippen molar-refractivity contribution in [2.45, 2.75) is 52.8 Å². The number of aromatic amines is 1. The Bertz CT molecular complexity index is 1140. The van der Waals surface area contributed by atoms with Crippen LogP contribution >= 0.6 is 0 Å². The fourth-order valence-electron chi connectivity index (χ4n) is 4.52. The molecule has 1 aliphatic rings. The zero-order chi connectivity index (χ0) is 25.0. The average Bonchev–Trinajstić information content (AvgIpc) is 3.47. The van der Waals surface area contributed by atoms with Crippen LogP contribution in [0, 0.1) is 5.92 Å². The molecule has 6 nitrogen and oxygen atoms in total. The minimum atomic E-state index is -4.36. The van der Waals surface area contributed by atoms with Gasteiger partial charge in [-0.2, -0.15) is 13.2 Å². The molecule has 0 atom stereocenters. The highest BCUT2D eigenvalue weighted by molar-refractivity contribution is 5.80. The Balaban J connectivity index is 1.58. The number of hydrogen-bond acceptors (Lipinski definition) is 5. The van der Waals surface area contributed by atoms with Gasteiger partial charge in [0, 0.05) is 24.4 Å². The highest BCUT2D eigenvalue weighted by atomic mass is 19.4. The summed E-state index contributed by atoms with van der Waals surface area (Å²) in [5, 5.41) is 14.1. The van der Waals surface area contributed by atoms with Gasteiger partial charge in [0.05, 0.1) is 6.67 Å². The Kier molecular flexibility index (Phi) is 7.42. The highest BCUT2D eigenvalue weighted by Gasteiger charge is 2.45. The summed E-state index contributed by atoms with van der Waals surface area (Å²) in [6.07, 6.45) is -2.57. The number of aromatic nitrogens is 4. The fourth-order valence-corrected chi connectivity index (χ4v) is 4.52. The molecule has 3 aromatic rings. The van der Waals surface area contributed by atoms with Gasteiger partial charge in [0.2, 0.25) is 0 Å². The molecule has 2 heterocycles. The lowest BCUT2D eigenvalue weighted by Gasteiger charge is -2.25. The first-order chi connectivity index (χ1) is 16.8. The smallest absolute Gasteiger partial charge is 0.351 e. The van der Waals surface area contributed by atoms with Gasteiger partial charge in [-0.3, -0.25) is 0 Å². The fraction of sp³-hybridized carbons (Fsp3) is 0.423. The first kappa shape index (κ1) is 24.8. The molecule has 1 aliphatic heterocycles. The summed E-state index contributed by atoms with van der Waals surface area (Å²) < 4.78 is 42.2. The number of halogens is 3. The van der Waals surface area contributed by atoms with Crippen molar-refractivity contribution >= 4 is 0 Å². The van der Waals surface area contributed by atoms with Crippen molar-refractivity contribution in [3.63, 3.8) is 0 Å². The first-order valence-corrected chi connectivity index (χ1v) is 12.0.